The quantitative estimate of drug-likeness (QED) is 0.461. The summed E-state index contributed by atoms with van der Waals surface area (Å²) in [6, 6.07) is 13.6. The number of hydrazine groups is 1. The molecule has 1 fully saturated rings. The van der Waals surface area contributed by atoms with Crippen molar-refractivity contribution in [2.75, 3.05) is 5.43 Å². The topological polar surface area (TPSA) is 100 Å². The molecule has 10 heteroatoms. The Labute approximate surface area is 183 Å². The van der Waals surface area contributed by atoms with Gasteiger partial charge in [-0.1, -0.05) is 29.8 Å². The van der Waals surface area contributed by atoms with E-state index < -0.39 is 10.0 Å². The molecule has 156 valence electrons. The van der Waals surface area contributed by atoms with E-state index in [0.717, 1.165) is 18.4 Å². The third-order valence-electron chi connectivity index (χ3n) is 4.49. The number of rotatable bonds is 7. The fourth-order valence-electron chi connectivity index (χ4n) is 2.75. The second-order valence-electron chi connectivity index (χ2n) is 6.91. The molecule has 0 saturated heterocycles. The second-order valence-corrected chi connectivity index (χ2v) is 10.0. The van der Waals surface area contributed by atoms with Crippen LogP contribution in [0.5, 0.6) is 0 Å². The van der Waals surface area contributed by atoms with Crippen LogP contribution in [-0.2, 0) is 10.0 Å². The third-order valence-corrected chi connectivity index (χ3v) is 7.55. The van der Waals surface area contributed by atoms with E-state index in [4.69, 9.17) is 11.6 Å². The molecule has 1 aliphatic rings. The standard InChI is InChI=1S/C20H19ClN4O3S2/c1-12-18(29-20(22-12)16-4-2-3-5-17(16)21)19(26)24-23-13-8-10-15(11-9-13)30(27,28)25-14-6-7-14/h2-5,8-11,14,23,25H,6-7H2,1H3,(H,24,26). The zero-order valence-corrected chi connectivity index (χ0v) is 18.4. The van der Waals surface area contributed by atoms with Crippen LogP contribution < -0.4 is 15.6 Å². The number of carbonyl (C=O) groups excluding carboxylic acids is 1. The van der Waals surface area contributed by atoms with Crippen molar-refractivity contribution >= 4 is 44.6 Å². The van der Waals surface area contributed by atoms with Crippen LogP contribution in [0.3, 0.4) is 0 Å². The second kappa shape index (κ2) is 8.35. The Kier molecular flexibility index (Phi) is 5.79. The van der Waals surface area contributed by atoms with E-state index in [0.29, 0.717) is 26.3 Å². The van der Waals surface area contributed by atoms with Gasteiger partial charge >= 0.3 is 0 Å². The molecule has 1 aliphatic carbocycles. The Bertz CT molecular complexity index is 1190. The largest absolute Gasteiger partial charge is 0.298 e. The summed E-state index contributed by atoms with van der Waals surface area (Å²) in [5, 5.41) is 1.24. The van der Waals surface area contributed by atoms with Crippen LogP contribution >= 0.6 is 22.9 Å². The molecule has 1 heterocycles. The van der Waals surface area contributed by atoms with Crippen LogP contribution in [0.1, 0.15) is 28.2 Å². The van der Waals surface area contributed by atoms with Crippen molar-refractivity contribution in [1.29, 1.82) is 0 Å². The molecule has 0 atom stereocenters. The Balaban J connectivity index is 1.42. The number of benzene rings is 2. The smallest absolute Gasteiger partial charge is 0.281 e. The van der Waals surface area contributed by atoms with Crippen molar-refractivity contribution < 1.29 is 13.2 Å². The van der Waals surface area contributed by atoms with Gasteiger partial charge in [0.1, 0.15) is 9.88 Å². The molecular weight excluding hydrogens is 444 g/mol. The summed E-state index contributed by atoms with van der Waals surface area (Å²) < 4.78 is 27.0. The molecular formula is C20H19ClN4O3S2. The molecule has 1 amide bonds. The fourth-order valence-corrected chi connectivity index (χ4v) is 5.34. The van der Waals surface area contributed by atoms with Crippen molar-refractivity contribution in [3.05, 3.63) is 64.1 Å². The summed E-state index contributed by atoms with van der Waals surface area (Å²) in [7, 11) is -3.50. The Hall–Kier alpha value is -2.46. The van der Waals surface area contributed by atoms with Crippen molar-refractivity contribution in [3.8, 4) is 10.6 Å². The van der Waals surface area contributed by atoms with E-state index in [1.807, 2.05) is 18.2 Å². The Morgan fingerprint density at radius 2 is 1.83 bits per heavy atom. The average Bonchev–Trinajstić information content (AvgIpc) is 3.44. The molecule has 0 spiro atoms. The zero-order chi connectivity index (χ0) is 21.3. The van der Waals surface area contributed by atoms with Gasteiger partial charge in [-0.05, 0) is 50.1 Å². The number of aryl methyl sites for hydroxylation is 1. The molecule has 1 saturated carbocycles. The molecule has 3 aromatic rings. The minimum atomic E-state index is -3.50. The lowest BCUT2D eigenvalue weighted by atomic mass is 10.2. The van der Waals surface area contributed by atoms with E-state index in [9.17, 15) is 13.2 Å². The van der Waals surface area contributed by atoms with Gasteiger partial charge in [0, 0.05) is 11.6 Å². The number of nitrogens with one attached hydrogen (secondary N) is 3. The molecule has 3 N–H and O–H groups in total. The molecule has 0 bridgehead atoms. The predicted octanol–water partition coefficient (Wildman–Crippen LogP) is 3.97. The summed E-state index contributed by atoms with van der Waals surface area (Å²) in [5.41, 5.74) is 7.35. The van der Waals surface area contributed by atoms with E-state index >= 15 is 0 Å². The molecule has 1 aromatic heterocycles. The van der Waals surface area contributed by atoms with Gasteiger partial charge in [0.25, 0.3) is 5.91 Å². The molecule has 7 nitrogen and oxygen atoms in total. The lowest BCUT2D eigenvalue weighted by Crippen LogP contribution is -2.29. The third kappa shape index (κ3) is 4.65. The summed E-state index contributed by atoms with van der Waals surface area (Å²) in [5.74, 6) is -0.338. The molecule has 2 aromatic carbocycles. The van der Waals surface area contributed by atoms with Gasteiger partial charge in [0.05, 0.1) is 21.3 Å². The first-order valence-corrected chi connectivity index (χ1v) is 11.9. The highest BCUT2D eigenvalue weighted by Crippen LogP contribution is 2.32. The first kappa shape index (κ1) is 20.8. The van der Waals surface area contributed by atoms with Crippen LogP contribution in [0.4, 0.5) is 5.69 Å². The van der Waals surface area contributed by atoms with Gasteiger partial charge in [-0.15, -0.1) is 11.3 Å². The predicted molar refractivity (Wildman–Crippen MR) is 118 cm³/mol. The maximum atomic E-state index is 12.6. The minimum absolute atomic E-state index is 0.0467. The number of hydrogen-bond acceptors (Lipinski definition) is 6. The fraction of sp³-hybridized carbons (Fsp3) is 0.200. The SMILES string of the molecule is Cc1nc(-c2ccccc2Cl)sc1C(=O)NNc1ccc(S(=O)(=O)NC2CC2)cc1. The summed E-state index contributed by atoms with van der Waals surface area (Å²) >= 11 is 7.48. The lowest BCUT2D eigenvalue weighted by Gasteiger charge is -2.09. The number of aromatic nitrogens is 1. The zero-order valence-electron chi connectivity index (χ0n) is 16.0. The number of sulfonamides is 1. The average molecular weight is 463 g/mol. The van der Waals surface area contributed by atoms with Crippen LogP contribution in [-0.4, -0.2) is 25.4 Å². The monoisotopic (exact) mass is 462 g/mol. The number of thiazole rings is 1. The van der Waals surface area contributed by atoms with Gasteiger partial charge in [-0.3, -0.25) is 15.6 Å². The maximum Gasteiger partial charge on any atom is 0.281 e. The van der Waals surface area contributed by atoms with Crippen molar-refractivity contribution in [1.82, 2.24) is 15.1 Å². The van der Waals surface area contributed by atoms with E-state index in [1.165, 1.54) is 23.5 Å². The number of amides is 1. The first-order chi connectivity index (χ1) is 14.3. The summed E-state index contributed by atoms with van der Waals surface area (Å²) in [6.45, 7) is 1.76. The van der Waals surface area contributed by atoms with Gasteiger partial charge < -0.3 is 0 Å². The van der Waals surface area contributed by atoms with Crippen molar-refractivity contribution in [2.24, 2.45) is 0 Å². The number of carbonyl (C=O) groups is 1. The molecule has 0 unspecified atom stereocenters. The Morgan fingerprint density at radius 3 is 2.50 bits per heavy atom. The normalized spacial score (nSPS) is 13.8. The first-order valence-electron chi connectivity index (χ1n) is 9.24. The van der Waals surface area contributed by atoms with Gasteiger partial charge in [0.15, 0.2) is 0 Å². The highest BCUT2D eigenvalue weighted by atomic mass is 35.5. The van der Waals surface area contributed by atoms with Gasteiger partial charge in [-0.25, -0.2) is 18.1 Å². The molecule has 0 radical (unpaired) electrons. The number of anilines is 1. The molecule has 30 heavy (non-hydrogen) atoms. The van der Waals surface area contributed by atoms with Crippen LogP contribution in [0.15, 0.2) is 53.4 Å². The van der Waals surface area contributed by atoms with Crippen molar-refractivity contribution in [2.45, 2.75) is 30.7 Å². The van der Waals surface area contributed by atoms with Gasteiger partial charge in [-0.2, -0.15) is 0 Å². The Morgan fingerprint density at radius 1 is 1.13 bits per heavy atom. The van der Waals surface area contributed by atoms with E-state index in [-0.39, 0.29) is 16.8 Å². The molecule has 4 rings (SSSR count). The van der Waals surface area contributed by atoms with Crippen LogP contribution in [0.25, 0.3) is 10.6 Å². The highest BCUT2D eigenvalue weighted by molar-refractivity contribution is 7.89. The maximum absolute atomic E-state index is 12.6. The summed E-state index contributed by atoms with van der Waals surface area (Å²) in [6.07, 6.45) is 1.75. The van der Waals surface area contributed by atoms with Crippen molar-refractivity contribution in [3.63, 3.8) is 0 Å². The number of halogens is 1. The highest BCUT2D eigenvalue weighted by Gasteiger charge is 2.27. The number of nitrogens with zero attached hydrogens (tertiary/aromatic N) is 1. The number of hydrogen-bond donors (Lipinski definition) is 3. The molecule has 0 aliphatic heterocycles. The van der Waals surface area contributed by atoms with Crippen LogP contribution in [0, 0.1) is 6.92 Å². The van der Waals surface area contributed by atoms with E-state index in [2.05, 4.69) is 20.6 Å². The summed E-state index contributed by atoms with van der Waals surface area (Å²) in [4.78, 5) is 17.7. The van der Waals surface area contributed by atoms with E-state index in [1.54, 1.807) is 25.1 Å². The van der Waals surface area contributed by atoms with Gasteiger partial charge in [0.2, 0.25) is 10.0 Å². The minimum Gasteiger partial charge on any atom is -0.298 e. The lowest BCUT2D eigenvalue weighted by molar-refractivity contribution is 0.0966. The van der Waals surface area contributed by atoms with Crippen LogP contribution in [0.2, 0.25) is 5.02 Å².